The molecule has 5 nitrogen and oxygen atoms in total. The fraction of sp³-hybridized carbons (Fsp3) is 0.667. The van der Waals surface area contributed by atoms with E-state index >= 15 is 0 Å². The third-order valence-corrected chi connectivity index (χ3v) is 3.11. The molecule has 1 aliphatic heterocycles. The number of rotatable bonds is 5. The molecule has 17 heavy (non-hydrogen) atoms. The SMILES string of the molecule is O=C(NCCCCN1CCCC1)n1ccnc1. The summed E-state index contributed by atoms with van der Waals surface area (Å²) in [6.07, 6.45) is 9.65. The van der Waals surface area contributed by atoms with Crippen molar-refractivity contribution in [1.82, 2.24) is 19.8 Å². The molecule has 0 aromatic carbocycles. The number of aromatic nitrogens is 2. The summed E-state index contributed by atoms with van der Waals surface area (Å²) in [7, 11) is 0. The van der Waals surface area contributed by atoms with Gasteiger partial charge in [-0.2, -0.15) is 0 Å². The third-order valence-electron chi connectivity index (χ3n) is 3.11. The maximum atomic E-state index is 11.5. The van der Waals surface area contributed by atoms with E-state index in [1.807, 2.05) is 0 Å². The van der Waals surface area contributed by atoms with Gasteiger partial charge in [0, 0.05) is 18.9 Å². The lowest BCUT2D eigenvalue weighted by Gasteiger charge is -2.13. The number of unbranched alkanes of at least 4 members (excludes halogenated alkanes) is 1. The first-order valence-corrected chi connectivity index (χ1v) is 6.35. The fourth-order valence-corrected chi connectivity index (χ4v) is 2.13. The molecule has 2 heterocycles. The van der Waals surface area contributed by atoms with E-state index in [0.717, 1.165) is 19.4 Å². The second kappa shape index (κ2) is 6.39. The molecular weight excluding hydrogens is 216 g/mol. The van der Waals surface area contributed by atoms with Crippen molar-refractivity contribution in [3.05, 3.63) is 18.7 Å². The highest BCUT2D eigenvalue weighted by Gasteiger charge is 2.10. The Bertz CT molecular complexity index is 330. The van der Waals surface area contributed by atoms with Crippen LogP contribution in [0.15, 0.2) is 18.7 Å². The zero-order valence-corrected chi connectivity index (χ0v) is 10.1. The lowest BCUT2D eigenvalue weighted by atomic mass is 10.3. The molecular formula is C12H20N4O. The van der Waals surface area contributed by atoms with Crippen LogP contribution < -0.4 is 5.32 Å². The lowest BCUT2D eigenvalue weighted by molar-refractivity contribution is 0.241. The van der Waals surface area contributed by atoms with Gasteiger partial charge in [-0.3, -0.25) is 4.57 Å². The van der Waals surface area contributed by atoms with Crippen molar-refractivity contribution >= 4 is 6.03 Å². The van der Waals surface area contributed by atoms with Gasteiger partial charge in [0.15, 0.2) is 0 Å². The Morgan fingerprint density at radius 1 is 1.29 bits per heavy atom. The predicted molar refractivity (Wildman–Crippen MR) is 65.9 cm³/mol. The largest absolute Gasteiger partial charge is 0.337 e. The van der Waals surface area contributed by atoms with Crippen LogP contribution in [0, 0.1) is 0 Å². The standard InChI is InChI=1S/C12H20N4O/c17-12(16-10-6-13-11-16)14-5-1-2-7-15-8-3-4-9-15/h6,10-11H,1-5,7-9H2,(H,14,17). The van der Waals surface area contributed by atoms with Gasteiger partial charge in [-0.05, 0) is 45.3 Å². The number of carbonyl (C=O) groups excluding carboxylic acids is 1. The summed E-state index contributed by atoms with van der Waals surface area (Å²) >= 11 is 0. The number of hydrogen-bond acceptors (Lipinski definition) is 3. The molecule has 1 aromatic rings. The molecule has 1 fully saturated rings. The van der Waals surface area contributed by atoms with Gasteiger partial charge >= 0.3 is 6.03 Å². The minimum absolute atomic E-state index is 0.0938. The molecule has 5 heteroatoms. The smallest absolute Gasteiger partial charge is 0.326 e. The molecule has 1 amide bonds. The Labute approximate surface area is 102 Å². The number of imidazole rings is 1. The van der Waals surface area contributed by atoms with Crippen LogP contribution in [0.3, 0.4) is 0 Å². The van der Waals surface area contributed by atoms with Gasteiger partial charge in [0.25, 0.3) is 0 Å². The van der Waals surface area contributed by atoms with E-state index in [9.17, 15) is 4.79 Å². The van der Waals surface area contributed by atoms with Crippen molar-refractivity contribution in [3.63, 3.8) is 0 Å². The quantitative estimate of drug-likeness (QED) is 0.784. The summed E-state index contributed by atoms with van der Waals surface area (Å²) in [5.74, 6) is 0. The van der Waals surface area contributed by atoms with Gasteiger partial charge in [0.05, 0.1) is 0 Å². The Morgan fingerprint density at radius 2 is 2.12 bits per heavy atom. The molecule has 0 aliphatic carbocycles. The second-order valence-electron chi connectivity index (χ2n) is 4.46. The Morgan fingerprint density at radius 3 is 2.82 bits per heavy atom. The average molecular weight is 236 g/mol. The Kier molecular flexibility index (Phi) is 4.55. The zero-order chi connectivity index (χ0) is 11.9. The van der Waals surface area contributed by atoms with Gasteiger partial charge < -0.3 is 10.2 Å². The highest BCUT2D eigenvalue weighted by Crippen LogP contribution is 2.07. The van der Waals surface area contributed by atoms with E-state index in [0.29, 0.717) is 0 Å². The summed E-state index contributed by atoms with van der Waals surface area (Å²) in [6.45, 7) is 4.41. The van der Waals surface area contributed by atoms with Crippen LogP contribution >= 0.6 is 0 Å². The number of carbonyl (C=O) groups is 1. The number of hydrogen-bond donors (Lipinski definition) is 1. The molecule has 0 unspecified atom stereocenters. The summed E-state index contributed by atoms with van der Waals surface area (Å²) in [5.41, 5.74) is 0. The molecule has 0 saturated carbocycles. The van der Waals surface area contributed by atoms with Crippen molar-refractivity contribution in [2.24, 2.45) is 0 Å². The molecule has 1 aromatic heterocycles. The third kappa shape index (κ3) is 3.85. The average Bonchev–Trinajstić information content (AvgIpc) is 3.01. The van der Waals surface area contributed by atoms with Gasteiger partial charge in [0.1, 0.15) is 6.33 Å². The van der Waals surface area contributed by atoms with E-state index in [2.05, 4.69) is 15.2 Å². The topological polar surface area (TPSA) is 50.2 Å². The number of nitrogens with zero attached hydrogens (tertiary/aromatic N) is 3. The first-order valence-electron chi connectivity index (χ1n) is 6.35. The van der Waals surface area contributed by atoms with Crippen LogP contribution in [0.25, 0.3) is 0 Å². The summed E-state index contributed by atoms with van der Waals surface area (Å²) in [5, 5.41) is 2.88. The fourth-order valence-electron chi connectivity index (χ4n) is 2.13. The summed E-state index contributed by atoms with van der Waals surface area (Å²) in [6, 6.07) is -0.0938. The van der Waals surface area contributed by atoms with Crippen molar-refractivity contribution in [2.75, 3.05) is 26.2 Å². The highest BCUT2D eigenvalue weighted by atomic mass is 16.2. The molecule has 0 radical (unpaired) electrons. The van der Waals surface area contributed by atoms with Crippen molar-refractivity contribution in [1.29, 1.82) is 0 Å². The van der Waals surface area contributed by atoms with Crippen LogP contribution in [-0.4, -0.2) is 46.7 Å². The molecule has 2 rings (SSSR count). The van der Waals surface area contributed by atoms with Crippen LogP contribution in [0.1, 0.15) is 25.7 Å². The second-order valence-corrected chi connectivity index (χ2v) is 4.46. The van der Waals surface area contributed by atoms with E-state index < -0.39 is 0 Å². The lowest BCUT2D eigenvalue weighted by Crippen LogP contribution is -2.29. The van der Waals surface area contributed by atoms with Gasteiger partial charge in [-0.15, -0.1) is 0 Å². The van der Waals surface area contributed by atoms with E-state index in [1.54, 1.807) is 12.4 Å². The Hall–Kier alpha value is -1.36. The van der Waals surface area contributed by atoms with E-state index in [-0.39, 0.29) is 6.03 Å². The van der Waals surface area contributed by atoms with Crippen molar-refractivity contribution in [3.8, 4) is 0 Å². The minimum atomic E-state index is -0.0938. The molecule has 0 bridgehead atoms. The maximum absolute atomic E-state index is 11.5. The minimum Gasteiger partial charge on any atom is -0.337 e. The zero-order valence-electron chi connectivity index (χ0n) is 10.1. The van der Waals surface area contributed by atoms with Crippen LogP contribution in [0.5, 0.6) is 0 Å². The maximum Gasteiger partial charge on any atom is 0.326 e. The number of nitrogens with one attached hydrogen (secondary N) is 1. The first kappa shape index (κ1) is 12.1. The summed E-state index contributed by atoms with van der Waals surface area (Å²) in [4.78, 5) is 17.9. The van der Waals surface area contributed by atoms with E-state index in [1.165, 1.54) is 43.4 Å². The first-order chi connectivity index (χ1) is 8.36. The van der Waals surface area contributed by atoms with Crippen molar-refractivity contribution < 1.29 is 4.79 Å². The number of amides is 1. The predicted octanol–water partition coefficient (Wildman–Crippen LogP) is 1.32. The van der Waals surface area contributed by atoms with Gasteiger partial charge in [-0.1, -0.05) is 0 Å². The van der Waals surface area contributed by atoms with Crippen LogP contribution in [0.4, 0.5) is 4.79 Å². The molecule has 0 atom stereocenters. The Balaban J connectivity index is 1.52. The van der Waals surface area contributed by atoms with Crippen LogP contribution in [0.2, 0.25) is 0 Å². The van der Waals surface area contributed by atoms with Gasteiger partial charge in [-0.25, -0.2) is 9.78 Å². The van der Waals surface area contributed by atoms with Crippen molar-refractivity contribution in [2.45, 2.75) is 25.7 Å². The molecule has 94 valence electrons. The monoisotopic (exact) mass is 236 g/mol. The molecule has 1 N–H and O–H groups in total. The summed E-state index contributed by atoms with van der Waals surface area (Å²) < 4.78 is 1.46. The van der Waals surface area contributed by atoms with Crippen LogP contribution in [-0.2, 0) is 0 Å². The van der Waals surface area contributed by atoms with Gasteiger partial charge in [0.2, 0.25) is 0 Å². The normalized spacial score (nSPS) is 16.2. The van der Waals surface area contributed by atoms with E-state index in [4.69, 9.17) is 0 Å². The highest BCUT2D eigenvalue weighted by molar-refractivity contribution is 5.76. The molecule has 1 aliphatic rings. The number of likely N-dealkylation sites (tertiary alicyclic amines) is 1. The molecule has 0 spiro atoms. The molecule has 1 saturated heterocycles.